The third-order valence-corrected chi connectivity index (χ3v) is 5.77. The molecule has 2 aromatic carbocycles. The predicted molar refractivity (Wildman–Crippen MR) is 150 cm³/mol. The van der Waals surface area contributed by atoms with Gasteiger partial charge in [-0.2, -0.15) is 0 Å². The first-order chi connectivity index (χ1) is 17.5. The van der Waals surface area contributed by atoms with Gasteiger partial charge < -0.3 is 25.4 Å². The van der Waals surface area contributed by atoms with Crippen LogP contribution in [0.15, 0.2) is 48.5 Å². The monoisotopic (exact) mass is 525 g/mol. The number of aryl methyl sites for hydroxylation is 1. The minimum absolute atomic E-state index is 0.0460. The minimum Gasteiger partial charge on any atom is -0.508 e. The van der Waals surface area contributed by atoms with E-state index in [1.54, 1.807) is 39.0 Å². The fraction of sp³-hybridized carbons (Fsp3) is 0.500. The van der Waals surface area contributed by atoms with Crippen LogP contribution in [0.1, 0.15) is 79.0 Å². The molecule has 208 valence electrons. The van der Waals surface area contributed by atoms with E-state index in [2.05, 4.69) is 10.6 Å². The highest BCUT2D eigenvalue weighted by molar-refractivity contribution is 5.99. The Hall–Kier alpha value is -3.55. The van der Waals surface area contributed by atoms with Gasteiger partial charge in [0.1, 0.15) is 23.4 Å². The summed E-state index contributed by atoms with van der Waals surface area (Å²) in [5, 5.41) is 15.6. The average Bonchev–Trinajstić information content (AvgIpc) is 2.76. The molecule has 0 aliphatic carbocycles. The maximum absolute atomic E-state index is 14.3. The smallest absolute Gasteiger partial charge is 0.408 e. The van der Waals surface area contributed by atoms with E-state index in [0.717, 1.165) is 5.56 Å². The second-order valence-electron chi connectivity index (χ2n) is 12.0. The van der Waals surface area contributed by atoms with Crippen LogP contribution in [-0.2, 0) is 14.3 Å². The quantitative estimate of drug-likeness (QED) is 0.395. The number of ether oxygens (including phenoxy) is 1. The van der Waals surface area contributed by atoms with E-state index in [1.807, 2.05) is 59.7 Å². The number of alkyl carbamates (subject to hydrolysis) is 1. The lowest BCUT2D eigenvalue weighted by atomic mass is 9.93. The van der Waals surface area contributed by atoms with E-state index in [-0.39, 0.29) is 11.7 Å². The molecular formula is C30H43N3O5. The highest BCUT2D eigenvalue weighted by atomic mass is 16.6. The average molecular weight is 526 g/mol. The van der Waals surface area contributed by atoms with Crippen LogP contribution < -0.4 is 10.6 Å². The molecule has 3 N–H and O–H groups in total. The number of nitrogens with one attached hydrogen (secondary N) is 2. The number of aromatic hydroxyl groups is 1. The number of benzene rings is 2. The SMILES string of the molecule is Cc1ccccc1NC(=O)C(c1ccc(O)cc1)N(C(=O)C(CC(C)C)NC(=O)OC(C)(C)C)C(C)(C)C. The summed E-state index contributed by atoms with van der Waals surface area (Å²) in [4.78, 5) is 42.4. The zero-order valence-corrected chi connectivity index (χ0v) is 24.1. The Balaban J connectivity index is 2.58. The molecule has 0 spiro atoms. The van der Waals surface area contributed by atoms with Gasteiger partial charge in [-0.3, -0.25) is 9.59 Å². The van der Waals surface area contributed by atoms with Crippen LogP contribution in [0.25, 0.3) is 0 Å². The van der Waals surface area contributed by atoms with Crippen LogP contribution in [0.4, 0.5) is 10.5 Å². The van der Waals surface area contributed by atoms with Gasteiger partial charge in [0.25, 0.3) is 5.91 Å². The maximum atomic E-state index is 14.3. The Labute approximate surface area is 226 Å². The van der Waals surface area contributed by atoms with Gasteiger partial charge in [-0.1, -0.05) is 44.2 Å². The van der Waals surface area contributed by atoms with Gasteiger partial charge in [0, 0.05) is 11.2 Å². The van der Waals surface area contributed by atoms with E-state index in [9.17, 15) is 19.5 Å². The number of para-hydroxylation sites is 1. The lowest BCUT2D eigenvalue weighted by Gasteiger charge is -2.43. The molecule has 0 saturated carbocycles. The van der Waals surface area contributed by atoms with Crippen LogP contribution in [0.5, 0.6) is 5.75 Å². The van der Waals surface area contributed by atoms with Crippen LogP contribution in [0.3, 0.4) is 0 Å². The number of phenols is 1. The summed E-state index contributed by atoms with van der Waals surface area (Å²) in [5.41, 5.74) is 0.489. The number of anilines is 1. The molecule has 0 saturated heterocycles. The third kappa shape index (κ3) is 8.78. The molecule has 0 aliphatic rings. The normalized spacial score (nSPS) is 13.4. The summed E-state index contributed by atoms with van der Waals surface area (Å²) in [7, 11) is 0. The van der Waals surface area contributed by atoms with Crippen molar-refractivity contribution in [2.24, 2.45) is 5.92 Å². The Kier molecular flexibility index (Phi) is 9.95. The first-order valence-electron chi connectivity index (χ1n) is 13.0. The number of amides is 3. The van der Waals surface area contributed by atoms with Crippen LogP contribution in [-0.4, -0.2) is 45.1 Å². The van der Waals surface area contributed by atoms with Gasteiger partial charge in [-0.25, -0.2) is 4.79 Å². The fourth-order valence-corrected chi connectivity index (χ4v) is 4.14. The molecule has 2 unspecified atom stereocenters. The van der Waals surface area contributed by atoms with Crippen molar-refractivity contribution in [3.63, 3.8) is 0 Å². The third-order valence-electron chi connectivity index (χ3n) is 5.77. The van der Waals surface area contributed by atoms with Gasteiger partial charge in [-0.15, -0.1) is 0 Å². The van der Waals surface area contributed by atoms with Crippen LogP contribution in [0.2, 0.25) is 0 Å². The molecule has 0 aromatic heterocycles. The summed E-state index contributed by atoms with van der Waals surface area (Å²) >= 11 is 0. The van der Waals surface area contributed by atoms with Crippen molar-refractivity contribution in [3.8, 4) is 5.75 Å². The van der Waals surface area contributed by atoms with Crippen LogP contribution in [0, 0.1) is 12.8 Å². The molecule has 38 heavy (non-hydrogen) atoms. The molecule has 0 radical (unpaired) electrons. The molecule has 0 bridgehead atoms. The van der Waals surface area contributed by atoms with Crippen molar-refractivity contribution in [3.05, 3.63) is 59.7 Å². The second-order valence-corrected chi connectivity index (χ2v) is 12.0. The maximum Gasteiger partial charge on any atom is 0.408 e. The van der Waals surface area contributed by atoms with Crippen molar-refractivity contribution >= 4 is 23.6 Å². The van der Waals surface area contributed by atoms with Crippen molar-refractivity contribution in [1.29, 1.82) is 0 Å². The summed E-state index contributed by atoms with van der Waals surface area (Å²) in [6.45, 7) is 16.6. The Morgan fingerprint density at radius 2 is 1.53 bits per heavy atom. The number of carbonyl (C=O) groups is 3. The van der Waals surface area contributed by atoms with Crippen molar-refractivity contribution in [2.75, 3.05) is 5.32 Å². The Morgan fingerprint density at radius 3 is 2.03 bits per heavy atom. The van der Waals surface area contributed by atoms with Gasteiger partial charge in [0.2, 0.25) is 5.91 Å². The number of rotatable bonds is 8. The van der Waals surface area contributed by atoms with E-state index in [4.69, 9.17) is 4.74 Å². The molecule has 8 heteroatoms. The predicted octanol–water partition coefficient (Wildman–Crippen LogP) is 5.95. The van der Waals surface area contributed by atoms with Gasteiger partial charge >= 0.3 is 6.09 Å². The minimum atomic E-state index is -1.04. The second kappa shape index (κ2) is 12.3. The standard InChI is InChI=1S/C30H43N3O5/c1-19(2)18-24(32-28(37)38-30(7,8)9)27(36)33(29(4,5)6)25(21-14-16-22(34)17-15-21)26(35)31-23-13-11-10-12-20(23)3/h10-17,19,24-25,34H,18H2,1-9H3,(H,31,35)(H,32,37). The Morgan fingerprint density at radius 1 is 0.947 bits per heavy atom. The van der Waals surface area contributed by atoms with Gasteiger partial charge in [0.15, 0.2) is 0 Å². The summed E-state index contributed by atoms with van der Waals surface area (Å²) < 4.78 is 5.44. The van der Waals surface area contributed by atoms with Crippen molar-refractivity contribution in [2.45, 2.75) is 92.0 Å². The first kappa shape index (κ1) is 30.7. The number of phenolic OH excluding ortho intramolecular Hbond substituents is 1. The van der Waals surface area contributed by atoms with E-state index < -0.39 is 41.1 Å². The van der Waals surface area contributed by atoms with E-state index in [0.29, 0.717) is 17.7 Å². The Bertz CT molecular complexity index is 1110. The molecule has 3 amide bonds. The molecule has 0 fully saturated rings. The number of hydrogen-bond acceptors (Lipinski definition) is 5. The molecule has 8 nitrogen and oxygen atoms in total. The van der Waals surface area contributed by atoms with E-state index in [1.165, 1.54) is 17.0 Å². The largest absolute Gasteiger partial charge is 0.508 e. The number of carbonyl (C=O) groups excluding carboxylic acids is 3. The lowest BCUT2D eigenvalue weighted by molar-refractivity contribution is -0.147. The lowest BCUT2D eigenvalue weighted by Crippen LogP contribution is -2.58. The van der Waals surface area contributed by atoms with Crippen molar-refractivity contribution in [1.82, 2.24) is 10.2 Å². The van der Waals surface area contributed by atoms with Crippen LogP contribution >= 0.6 is 0 Å². The molecular weight excluding hydrogens is 482 g/mol. The molecule has 0 heterocycles. The van der Waals surface area contributed by atoms with Gasteiger partial charge in [0.05, 0.1) is 0 Å². The summed E-state index contributed by atoms with van der Waals surface area (Å²) in [5.74, 6) is -0.692. The zero-order chi connectivity index (χ0) is 28.8. The number of nitrogens with zero attached hydrogens (tertiary/aromatic N) is 1. The summed E-state index contributed by atoms with van der Waals surface area (Å²) in [6, 6.07) is 11.7. The highest BCUT2D eigenvalue weighted by Gasteiger charge is 2.42. The topological polar surface area (TPSA) is 108 Å². The fourth-order valence-electron chi connectivity index (χ4n) is 4.14. The van der Waals surface area contributed by atoms with Gasteiger partial charge in [-0.05, 0) is 90.1 Å². The molecule has 2 atom stereocenters. The zero-order valence-electron chi connectivity index (χ0n) is 24.1. The first-order valence-corrected chi connectivity index (χ1v) is 13.0. The summed E-state index contributed by atoms with van der Waals surface area (Å²) in [6.07, 6.45) is -0.345. The highest BCUT2D eigenvalue weighted by Crippen LogP contribution is 2.32. The molecule has 2 aromatic rings. The molecule has 0 aliphatic heterocycles. The van der Waals surface area contributed by atoms with E-state index >= 15 is 0 Å². The number of hydrogen-bond donors (Lipinski definition) is 3. The molecule has 2 rings (SSSR count). The van der Waals surface area contributed by atoms with Crippen molar-refractivity contribution < 1.29 is 24.2 Å².